The van der Waals surface area contributed by atoms with Crippen LogP contribution < -0.4 is 5.73 Å². The SMILES string of the molecule is NC1C(O[C@@H]2OC(CO)[C@H](O)C(O)C2O)[C@H](O)C(CO)O[C@H]1OC1C(O)[C@H](O[C@@H]2C(CO)O[C@@H](O)C(O)C2O)OC(CO)[C@@H]1O. The first kappa shape index (κ1) is 37.0. The smallest absolute Gasteiger partial charge is 0.187 e. The Hall–Kier alpha value is -0.840. The van der Waals surface area contributed by atoms with Crippen molar-refractivity contribution < 1.29 is 99.5 Å². The molecule has 0 saturated carbocycles. The predicted octanol–water partition coefficient (Wildman–Crippen LogP) is -9.78. The van der Waals surface area contributed by atoms with Crippen LogP contribution in [0, 0.1) is 0 Å². The maximum Gasteiger partial charge on any atom is 0.187 e. The molecule has 21 nitrogen and oxygen atoms in total. The molecule has 4 aliphatic heterocycles. The number of aliphatic hydroxyl groups is 13. The summed E-state index contributed by atoms with van der Waals surface area (Å²) in [5.74, 6) is 0. The molecule has 4 heterocycles. The van der Waals surface area contributed by atoms with Crippen molar-refractivity contribution in [2.45, 2.75) is 123 Å². The van der Waals surface area contributed by atoms with Crippen LogP contribution >= 0.6 is 0 Å². The minimum Gasteiger partial charge on any atom is -0.394 e. The first-order valence-corrected chi connectivity index (χ1v) is 14.2. The van der Waals surface area contributed by atoms with Gasteiger partial charge in [-0.1, -0.05) is 0 Å². The zero-order valence-corrected chi connectivity index (χ0v) is 23.6. The van der Waals surface area contributed by atoms with E-state index in [-0.39, 0.29) is 0 Å². The van der Waals surface area contributed by atoms with Gasteiger partial charge in [-0.15, -0.1) is 0 Å². The van der Waals surface area contributed by atoms with Crippen LogP contribution in [-0.4, -0.2) is 216 Å². The molecule has 12 unspecified atom stereocenters. The van der Waals surface area contributed by atoms with Gasteiger partial charge in [-0.3, -0.25) is 0 Å². The topological polar surface area (TPSA) is 354 Å². The first-order chi connectivity index (χ1) is 21.3. The standard InChI is InChI=1S/C24H43NO20/c25-9-19(44-23-16(36)13(33)10(30)5(1-26)41-23)11(31)6(2-27)40-22(9)45-20-12(32)7(3-28)42-24(17(20)37)43-18-8(4-29)39-21(38)15(35)14(18)34/h5-24,26-38H,1-4,25H2/t5?,6?,7?,8?,9?,10-,11+,12-,13?,14?,15?,16?,17?,18+,19?,20?,21+,22-,23-,24-/m0/s1. The maximum absolute atomic E-state index is 11.1. The molecule has 0 aromatic rings. The molecule has 4 rings (SSSR count). The van der Waals surface area contributed by atoms with Crippen molar-refractivity contribution in [2.24, 2.45) is 5.73 Å². The Morgan fingerprint density at radius 2 is 0.844 bits per heavy atom. The van der Waals surface area contributed by atoms with Crippen LogP contribution in [0.4, 0.5) is 0 Å². The van der Waals surface area contributed by atoms with Crippen molar-refractivity contribution in [1.29, 1.82) is 0 Å². The number of hydrogen-bond acceptors (Lipinski definition) is 21. The maximum atomic E-state index is 11.1. The lowest BCUT2D eigenvalue weighted by Gasteiger charge is -2.49. The van der Waals surface area contributed by atoms with Crippen LogP contribution in [0.3, 0.4) is 0 Å². The van der Waals surface area contributed by atoms with Crippen molar-refractivity contribution in [1.82, 2.24) is 0 Å². The zero-order valence-electron chi connectivity index (χ0n) is 23.6. The summed E-state index contributed by atoms with van der Waals surface area (Å²) < 4.78 is 38.2. The van der Waals surface area contributed by atoms with Gasteiger partial charge < -0.3 is 105 Å². The summed E-state index contributed by atoms with van der Waals surface area (Å²) in [6.45, 7) is -3.30. The van der Waals surface area contributed by atoms with E-state index in [1.54, 1.807) is 0 Å². The van der Waals surface area contributed by atoms with Crippen LogP contribution in [-0.2, 0) is 33.2 Å². The van der Waals surface area contributed by atoms with Gasteiger partial charge in [0.15, 0.2) is 25.2 Å². The van der Waals surface area contributed by atoms with Gasteiger partial charge in [-0.25, -0.2) is 0 Å². The van der Waals surface area contributed by atoms with E-state index in [1.807, 2.05) is 0 Å². The number of nitrogens with two attached hydrogens (primary N) is 1. The van der Waals surface area contributed by atoms with Crippen LogP contribution in [0.2, 0.25) is 0 Å². The quantitative estimate of drug-likeness (QED) is 0.103. The molecule has 0 radical (unpaired) electrons. The third-order valence-electron chi connectivity index (χ3n) is 8.28. The lowest BCUT2D eigenvalue weighted by atomic mass is 9.95. The molecule has 45 heavy (non-hydrogen) atoms. The summed E-state index contributed by atoms with van der Waals surface area (Å²) in [5.41, 5.74) is 6.25. The molecule has 0 aromatic heterocycles. The fourth-order valence-corrected chi connectivity index (χ4v) is 5.59. The molecule has 4 fully saturated rings. The molecule has 0 amide bonds. The molecule has 0 aromatic carbocycles. The zero-order chi connectivity index (χ0) is 33.3. The Kier molecular flexibility index (Phi) is 12.8. The molecule has 0 spiro atoms. The summed E-state index contributed by atoms with van der Waals surface area (Å²) in [5, 5.41) is 132. The Balaban J connectivity index is 1.53. The minimum absolute atomic E-state index is 0.782. The third kappa shape index (κ3) is 7.44. The Morgan fingerprint density at radius 1 is 0.400 bits per heavy atom. The summed E-state index contributed by atoms with van der Waals surface area (Å²) in [6, 6.07) is -1.55. The summed E-state index contributed by atoms with van der Waals surface area (Å²) in [7, 11) is 0. The van der Waals surface area contributed by atoms with Gasteiger partial charge in [-0.2, -0.15) is 0 Å². The summed E-state index contributed by atoms with van der Waals surface area (Å²) in [6.07, 6.45) is -32.7. The minimum atomic E-state index is -1.97. The van der Waals surface area contributed by atoms with Crippen LogP contribution in [0.5, 0.6) is 0 Å². The van der Waals surface area contributed by atoms with E-state index in [0.717, 1.165) is 0 Å². The van der Waals surface area contributed by atoms with Crippen molar-refractivity contribution in [3.8, 4) is 0 Å². The molecule has 0 bridgehead atoms. The summed E-state index contributed by atoms with van der Waals surface area (Å²) >= 11 is 0. The molecule has 21 heteroatoms. The van der Waals surface area contributed by atoms with Gasteiger partial charge >= 0.3 is 0 Å². The third-order valence-corrected chi connectivity index (χ3v) is 8.28. The van der Waals surface area contributed by atoms with E-state index < -0.39 is 149 Å². The van der Waals surface area contributed by atoms with Crippen LogP contribution in [0.1, 0.15) is 0 Å². The highest BCUT2D eigenvalue weighted by molar-refractivity contribution is 4.98. The van der Waals surface area contributed by atoms with Gasteiger partial charge in [0.2, 0.25) is 0 Å². The van der Waals surface area contributed by atoms with Gasteiger partial charge in [0.05, 0.1) is 32.5 Å². The largest absolute Gasteiger partial charge is 0.394 e. The van der Waals surface area contributed by atoms with E-state index >= 15 is 0 Å². The molecule has 4 saturated heterocycles. The second-order valence-corrected chi connectivity index (χ2v) is 11.2. The Bertz CT molecular complexity index is 920. The van der Waals surface area contributed by atoms with E-state index in [4.69, 9.17) is 38.9 Å². The first-order valence-electron chi connectivity index (χ1n) is 14.2. The average Bonchev–Trinajstić information content (AvgIpc) is 3.03. The Labute approximate surface area is 255 Å². The Morgan fingerprint density at radius 3 is 1.40 bits per heavy atom. The molecular formula is C24H43NO20. The fourth-order valence-electron chi connectivity index (χ4n) is 5.59. The number of ether oxygens (including phenoxy) is 7. The molecule has 15 N–H and O–H groups in total. The van der Waals surface area contributed by atoms with E-state index in [0.29, 0.717) is 0 Å². The molecule has 20 atom stereocenters. The highest BCUT2D eigenvalue weighted by Gasteiger charge is 2.55. The van der Waals surface area contributed by atoms with Crippen molar-refractivity contribution in [3.05, 3.63) is 0 Å². The average molecular weight is 666 g/mol. The van der Waals surface area contributed by atoms with Crippen LogP contribution in [0.25, 0.3) is 0 Å². The molecular weight excluding hydrogens is 622 g/mol. The number of rotatable bonds is 10. The normalized spacial score (nSPS) is 52.9. The van der Waals surface area contributed by atoms with Crippen molar-refractivity contribution >= 4 is 0 Å². The monoisotopic (exact) mass is 665 g/mol. The highest BCUT2D eigenvalue weighted by atomic mass is 16.8. The number of aliphatic hydroxyl groups excluding tert-OH is 13. The van der Waals surface area contributed by atoms with E-state index in [2.05, 4.69) is 0 Å². The van der Waals surface area contributed by atoms with Gasteiger partial charge in [0.25, 0.3) is 0 Å². The molecule has 4 aliphatic rings. The second-order valence-electron chi connectivity index (χ2n) is 11.2. The molecule has 0 aliphatic carbocycles. The van der Waals surface area contributed by atoms with Crippen LogP contribution in [0.15, 0.2) is 0 Å². The van der Waals surface area contributed by atoms with E-state index in [9.17, 15) is 66.4 Å². The molecule has 264 valence electrons. The van der Waals surface area contributed by atoms with E-state index in [1.165, 1.54) is 0 Å². The number of hydrogen-bond donors (Lipinski definition) is 14. The van der Waals surface area contributed by atoms with Gasteiger partial charge in [0.1, 0.15) is 91.6 Å². The van der Waals surface area contributed by atoms with Gasteiger partial charge in [-0.05, 0) is 0 Å². The van der Waals surface area contributed by atoms with Crippen molar-refractivity contribution in [2.75, 3.05) is 26.4 Å². The predicted molar refractivity (Wildman–Crippen MR) is 136 cm³/mol. The highest BCUT2D eigenvalue weighted by Crippen LogP contribution is 2.33. The lowest BCUT2D eigenvalue weighted by molar-refractivity contribution is -0.378. The van der Waals surface area contributed by atoms with Gasteiger partial charge in [0, 0.05) is 0 Å². The second kappa shape index (κ2) is 15.6. The summed E-state index contributed by atoms with van der Waals surface area (Å²) in [4.78, 5) is 0. The fraction of sp³-hybridized carbons (Fsp3) is 1.00. The van der Waals surface area contributed by atoms with Crippen molar-refractivity contribution in [3.63, 3.8) is 0 Å². The lowest BCUT2D eigenvalue weighted by Crippen LogP contribution is -2.69.